The van der Waals surface area contributed by atoms with E-state index in [1.54, 1.807) is 22.2 Å². The standard InChI is InChI=1S/C21H23N3O3/c25-20-9-18(12-23(20)11-17-7-4-8-22-10-17)21(26)24-13-19(14-24)27-15-16-5-2-1-3-6-16/h1-8,10,18-19H,9,11-15H2. The Kier molecular flexibility index (Phi) is 5.16. The van der Waals surface area contributed by atoms with Crippen molar-refractivity contribution in [2.24, 2.45) is 5.92 Å². The van der Waals surface area contributed by atoms with E-state index in [4.69, 9.17) is 4.74 Å². The minimum atomic E-state index is -0.246. The summed E-state index contributed by atoms with van der Waals surface area (Å²) in [6.07, 6.45) is 3.84. The summed E-state index contributed by atoms with van der Waals surface area (Å²) in [4.78, 5) is 32.6. The molecular formula is C21H23N3O3. The van der Waals surface area contributed by atoms with Gasteiger partial charge in [-0.15, -0.1) is 0 Å². The second-order valence-corrected chi connectivity index (χ2v) is 7.20. The average Bonchev–Trinajstić information content (AvgIpc) is 3.02. The van der Waals surface area contributed by atoms with Gasteiger partial charge in [0.25, 0.3) is 0 Å². The Morgan fingerprint density at radius 1 is 1.07 bits per heavy atom. The lowest BCUT2D eigenvalue weighted by Crippen LogP contribution is -2.56. The lowest BCUT2D eigenvalue weighted by Gasteiger charge is -2.40. The number of nitrogens with zero attached hydrogens (tertiary/aromatic N) is 3. The van der Waals surface area contributed by atoms with Gasteiger partial charge in [-0.2, -0.15) is 0 Å². The lowest BCUT2D eigenvalue weighted by molar-refractivity contribution is -0.150. The third-order valence-corrected chi connectivity index (χ3v) is 5.15. The van der Waals surface area contributed by atoms with Crippen LogP contribution in [0, 0.1) is 5.92 Å². The van der Waals surface area contributed by atoms with Crippen LogP contribution in [0.4, 0.5) is 0 Å². The molecule has 0 bridgehead atoms. The van der Waals surface area contributed by atoms with Crippen LogP contribution in [0.15, 0.2) is 54.9 Å². The molecule has 1 aromatic carbocycles. The van der Waals surface area contributed by atoms with Gasteiger partial charge in [-0.25, -0.2) is 0 Å². The Bertz CT molecular complexity index is 791. The number of rotatable bonds is 6. The van der Waals surface area contributed by atoms with E-state index in [1.807, 2.05) is 42.5 Å². The quantitative estimate of drug-likeness (QED) is 0.784. The van der Waals surface area contributed by atoms with Crippen LogP contribution in [0.5, 0.6) is 0 Å². The van der Waals surface area contributed by atoms with Crippen molar-refractivity contribution in [3.8, 4) is 0 Å². The van der Waals surface area contributed by atoms with Crippen LogP contribution in [0.1, 0.15) is 17.5 Å². The molecule has 2 aromatic rings. The van der Waals surface area contributed by atoms with Gasteiger partial charge in [0.15, 0.2) is 0 Å². The van der Waals surface area contributed by atoms with Crippen molar-refractivity contribution in [2.75, 3.05) is 19.6 Å². The molecule has 2 aliphatic rings. The first-order valence-corrected chi connectivity index (χ1v) is 9.30. The van der Waals surface area contributed by atoms with E-state index in [2.05, 4.69) is 4.98 Å². The average molecular weight is 365 g/mol. The van der Waals surface area contributed by atoms with Crippen LogP contribution in [-0.4, -0.2) is 52.3 Å². The lowest BCUT2D eigenvalue weighted by atomic mass is 10.0. The minimum absolute atomic E-state index is 0.0367. The van der Waals surface area contributed by atoms with Gasteiger partial charge in [-0.05, 0) is 17.2 Å². The van der Waals surface area contributed by atoms with Crippen molar-refractivity contribution in [3.05, 3.63) is 66.0 Å². The van der Waals surface area contributed by atoms with Crippen molar-refractivity contribution in [1.82, 2.24) is 14.8 Å². The van der Waals surface area contributed by atoms with Crippen molar-refractivity contribution in [1.29, 1.82) is 0 Å². The molecule has 0 spiro atoms. The first kappa shape index (κ1) is 17.7. The highest BCUT2D eigenvalue weighted by atomic mass is 16.5. The molecule has 0 radical (unpaired) electrons. The second-order valence-electron chi connectivity index (χ2n) is 7.20. The zero-order chi connectivity index (χ0) is 18.6. The van der Waals surface area contributed by atoms with Crippen LogP contribution in [-0.2, 0) is 27.5 Å². The number of aromatic nitrogens is 1. The van der Waals surface area contributed by atoms with Gasteiger partial charge in [0.2, 0.25) is 11.8 Å². The van der Waals surface area contributed by atoms with Crippen LogP contribution >= 0.6 is 0 Å². The third kappa shape index (κ3) is 4.17. The van der Waals surface area contributed by atoms with Gasteiger partial charge in [0, 0.05) is 45.0 Å². The van der Waals surface area contributed by atoms with Gasteiger partial charge >= 0.3 is 0 Å². The molecule has 27 heavy (non-hydrogen) atoms. The summed E-state index contributed by atoms with van der Waals surface area (Å²) in [5.74, 6) is -0.143. The van der Waals surface area contributed by atoms with Crippen LogP contribution < -0.4 is 0 Å². The molecule has 6 heteroatoms. The summed E-state index contributed by atoms with van der Waals surface area (Å²) in [7, 11) is 0. The van der Waals surface area contributed by atoms with Crippen molar-refractivity contribution in [3.63, 3.8) is 0 Å². The molecule has 1 aromatic heterocycles. The minimum Gasteiger partial charge on any atom is -0.370 e. The molecule has 2 fully saturated rings. The predicted octanol–water partition coefficient (Wildman–Crippen LogP) is 1.86. The number of ether oxygens (including phenoxy) is 1. The molecule has 0 N–H and O–H groups in total. The second kappa shape index (κ2) is 7.88. The number of amides is 2. The summed E-state index contributed by atoms with van der Waals surface area (Å²) in [5.41, 5.74) is 2.12. The summed E-state index contributed by atoms with van der Waals surface area (Å²) in [6.45, 7) is 2.78. The molecule has 0 saturated carbocycles. The molecule has 2 amide bonds. The molecule has 6 nitrogen and oxygen atoms in total. The Morgan fingerprint density at radius 3 is 2.59 bits per heavy atom. The van der Waals surface area contributed by atoms with Crippen LogP contribution in [0.25, 0.3) is 0 Å². The molecule has 3 heterocycles. The molecular weight excluding hydrogens is 342 g/mol. The van der Waals surface area contributed by atoms with Gasteiger partial charge < -0.3 is 14.5 Å². The number of hydrogen-bond acceptors (Lipinski definition) is 4. The fraction of sp³-hybridized carbons (Fsp3) is 0.381. The van der Waals surface area contributed by atoms with Crippen molar-refractivity contribution >= 4 is 11.8 Å². The predicted molar refractivity (Wildman–Crippen MR) is 99.4 cm³/mol. The fourth-order valence-corrected chi connectivity index (χ4v) is 3.57. The highest BCUT2D eigenvalue weighted by molar-refractivity contribution is 5.89. The van der Waals surface area contributed by atoms with E-state index >= 15 is 0 Å². The van der Waals surface area contributed by atoms with Crippen molar-refractivity contribution < 1.29 is 14.3 Å². The van der Waals surface area contributed by atoms with E-state index in [9.17, 15) is 9.59 Å². The molecule has 140 valence electrons. The summed E-state index contributed by atoms with van der Waals surface area (Å²) >= 11 is 0. The van der Waals surface area contributed by atoms with Gasteiger partial charge in [0.05, 0.1) is 18.6 Å². The van der Waals surface area contributed by atoms with E-state index in [0.29, 0.717) is 39.2 Å². The van der Waals surface area contributed by atoms with Crippen molar-refractivity contribution in [2.45, 2.75) is 25.7 Å². The van der Waals surface area contributed by atoms with E-state index < -0.39 is 0 Å². The zero-order valence-corrected chi connectivity index (χ0v) is 15.2. The number of pyridine rings is 1. The van der Waals surface area contributed by atoms with Gasteiger partial charge in [-0.1, -0.05) is 36.4 Å². The molecule has 1 unspecified atom stereocenters. The van der Waals surface area contributed by atoms with Crippen LogP contribution in [0.2, 0.25) is 0 Å². The largest absolute Gasteiger partial charge is 0.370 e. The summed E-state index contributed by atoms with van der Waals surface area (Å²) in [6, 6.07) is 13.8. The zero-order valence-electron chi connectivity index (χ0n) is 15.2. The molecule has 2 saturated heterocycles. The van der Waals surface area contributed by atoms with Gasteiger partial charge in [-0.3, -0.25) is 14.6 Å². The maximum Gasteiger partial charge on any atom is 0.228 e. The topological polar surface area (TPSA) is 62.7 Å². The number of carbonyl (C=O) groups is 2. The molecule has 1 atom stereocenters. The summed E-state index contributed by atoms with van der Waals surface area (Å²) in [5, 5.41) is 0. The smallest absolute Gasteiger partial charge is 0.228 e. The first-order chi connectivity index (χ1) is 13.2. The summed E-state index contributed by atoms with van der Waals surface area (Å²) < 4.78 is 5.85. The number of likely N-dealkylation sites (tertiary alicyclic amines) is 2. The normalized spacial score (nSPS) is 20.0. The van der Waals surface area contributed by atoms with E-state index in [0.717, 1.165) is 11.1 Å². The van der Waals surface area contributed by atoms with Gasteiger partial charge in [0.1, 0.15) is 0 Å². The maximum absolute atomic E-state index is 12.7. The molecule has 4 rings (SSSR count). The highest BCUT2D eigenvalue weighted by Crippen LogP contribution is 2.25. The third-order valence-electron chi connectivity index (χ3n) is 5.15. The highest BCUT2D eigenvalue weighted by Gasteiger charge is 2.40. The Labute approximate surface area is 158 Å². The SMILES string of the molecule is O=C1CC(C(=O)N2CC(OCc3ccccc3)C2)CN1Cc1cccnc1. The Morgan fingerprint density at radius 2 is 1.85 bits per heavy atom. The molecule has 0 aliphatic carbocycles. The Balaban J connectivity index is 1.23. The monoisotopic (exact) mass is 365 g/mol. The molecule has 2 aliphatic heterocycles. The number of carbonyl (C=O) groups excluding carboxylic acids is 2. The van der Waals surface area contributed by atoms with E-state index in [1.165, 1.54) is 0 Å². The fourth-order valence-electron chi connectivity index (χ4n) is 3.57. The first-order valence-electron chi connectivity index (χ1n) is 9.30. The number of benzene rings is 1. The maximum atomic E-state index is 12.7. The van der Waals surface area contributed by atoms with E-state index in [-0.39, 0.29) is 23.8 Å². The number of hydrogen-bond donors (Lipinski definition) is 0. The van der Waals surface area contributed by atoms with Crippen LogP contribution in [0.3, 0.4) is 0 Å². The Hall–Kier alpha value is -2.73.